The Kier molecular flexibility index (Phi) is 5.11. The molecule has 0 bridgehead atoms. The molecule has 2 atom stereocenters. The maximum Gasteiger partial charge on any atom is 0.307 e. The molecule has 2 N–H and O–H groups in total. The van der Waals surface area contributed by atoms with Crippen molar-refractivity contribution in [3.63, 3.8) is 0 Å². The number of rotatable bonds is 5. The van der Waals surface area contributed by atoms with Gasteiger partial charge in [0, 0.05) is 12.6 Å². The topological polar surface area (TPSA) is 67.8 Å². The zero-order valence-electron chi connectivity index (χ0n) is 12.4. The summed E-state index contributed by atoms with van der Waals surface area (Å²) in [5, 5.41) is 12.4. The van der Waals surface area contributed by atoms with E-state index in [2.05, 4.69) is 28.2 Å². The molecule has 0 saturated carbocycles. The van der Waals surface area contributed by atoms with Crippen LogP contribution in [-0.2, 0) is 11.2 Å². The zero-order chi connectivity index (χ0) is 15.6. The van der Waals surface area contributed by atoms with E-state index in [9.17, 15) is 4.79 Å². The minimum Gasteiger partial charge on any atom is -0.493 e. The number of ether oxygens (including phenoxy) is 2. The van der Waals surface area contributed by atoms with Crippen molar-refractivity contribution in [3.05, 3.63) is 21.7 Å². The van der Waals surface area contributed by atoms with Crippen molar-refractivity contribution in [2.45, 2.75) is 25.8 Å². The van der Waals surface area contributed by atoms with Crippen molar-refractivity contribution in [1.29, 1.82) is 0 Å². The lowest BCUT2D eigenvalue weighted by molar-refractivity contribution is -0.141. The number of aliphatic carboxylic acids is 1. The van der Waals surface area contributed by atoms with Crippen LogP contribution in [0.15, 0.2) is 10.5 Å². The molecule has 1 aliphatic rings. The van der Waals surface area contributed by atoms with E-state index in [0.717, 1.165) is 22.0 Å². The fourth-order valence-corrected chi connectivity index (χ4v) is 3.71. The summed E-state index contributed by atoms with van der Waals surface area (Å²) in [5.41, 5.74) is 2.20. The maximum atomic E-state index is 11.1. The molecule has 0 radical (unpaired) electrons. The monoisotopic (exact) mass is 357 g/mol. The quantitative estimate of drug-likeness (QED) is 0.847. The molecule has 1 heterocycles. The Morgan fingerprint density at radius 3 is 2.67 bits per heavy atom. The summed E-state index contributed by atoms with van der Waals surface area (Å²) >= 11 is 3.59. The summed E-state index contributed by atoms with van der Waals surface area (Å²) in [5.74, 6) is 0.234. The molecule has 0 spiro atoms. The molecular weight excluding hydrogens is 338 g/mol. The molecule has 1 fully saturated rings. The third-order valence-corrected chi connectivity index (χ3v) is 4.80. The van der Waals surface area contributed by atoms with Crippen LogP contribution in [0.5, 0.6) is 11.5 Å². The van der Waals surface area contributed by atoms with Gasteiger partial charge in [-0.05, 0) is 46.0 Å². The van der Waals surface area contributed by atoms with Gasteiger partial charge < -0.3 is 19.9 Å². The van der Waals surface area contributed by atoms with E-state index in [1.807, 2.05) is 6.07 Å². The van der Waals surface area contributed by atoms with E-state index in [1.165, 1.54) is 0 Å². The SMILES string of the molecule is CCc1c(C2CC(C(=O)O)CN2)cc(OC)c(OC)c1Br. The molecule has 5 nitrogen and oxygen atoms in total. The third-order valence-electron chi connectivity index (χ3n) is 3.96. The van der Waals surface area contributed by atoms with Crippen molar-refractivity contribution in [1.82, 2.24) is 5.32 Å². The smallest absolute Gasteiger partial charge is 0.307 e. The largest absolute Gasteiger partial charge is 0.493 e. The van der Waals surface area contributed by atoms with Gasteiger partial charge in [-0.3, -0.25) is 4.79 Å². The van der Waals surface area contributed by atoms with Crippen LogP contribution in [0.1, 0.15) is 30.5 Å². The second-order valence-electron chi connectivity index (χ2n) is 5.08. The Hall–Kier alpha value is -1.27. The van der Waals surface area contributed by atoms with E-state index < -0.39 is 5.97 Å². The van der Waals surface area contributed by atoms with Crippen molar-refractivity contribution < 1.29 is 19.4 Å². The van der Waals surface area contributed by atoms with Gasteiger partial charge in [0.15, 0.2) is 11.5 Å². The Bertz CT molecular complexity index is 547. The van der Waals surface area contributed by atoms with Gasteiger partial charge in [-0.1, -0.05) is 6.92 Å². The van der Waals surface area contributed by atoms with E-state index in [-0.39, 0.29) is 12.0 Å². The third kappa shape index (κ3) is 3.01. The molecule has 0 aromatic heterocycles. The number of benzene rings is 1. The second kappa shape index (κ2) is 6.66. The lowest BCUT2D eigenvalue weighted by atomic mass is 9.94. The molecular formula is C15H20BrNO4. The summed E-state index contributed by atoms with van der Waals surface area (Å²) < 4.78 is 11.7. The highest BCUT2D eigenvalue weighted by molar-refractivity contribution is 9.10. The van der Waals surface area contributed by atoms with Crippen LogP contribution in [0.25, 0.3) is 0 Å². The molecule has 1 aromatic rings. The molecule has 21 heavy (non-hydrogen) atoms. The number of carboxylic acid groups (broad SMARTS) is 1. The molecule has 6 heteroatoms. The van der Waals surface area contributed by atoms with Crippen LogP contribution in [0.3, 0.4) is 0 Å². The van der Waals surface area contributed by atoms with Crippen molar-refractivity contribution >= 4 is 21.9 Å². The van der Waals surface area contributed by atoms with E-state index >= 15 is 0 Å². The molecule has 116 valence electrons. The number of hydrogen-bond donors (Lipinski definition) is 2. The summed E-state index contributed by atoms with van der Waals surface area (Å²) in [7, 11) is 3.21. The van der Waals surface area contributed by atoms with Gasteiger partial charge in [0.1, 0.15) is 0 Å². The molecule has 1 saturated heterocycles. The Morgan fingerprint density at radius 1 is 1.48 bits per heavy atom. The average molecular weight is 358 g/mol. The summed E-state index contributed by atoms with van der Waals surface area (Å²) in [4.78, 5) is 11.1. The predicted molar refractivity (Wildman–Crippen MR) is 83.1 cm³/mol. The number of halogens is 1. The number of hydrogen-bond acceptors (Lipinski definition) is 4. The van der Waals surface area contributed by atoms with Crippen molar-refractivity contribution in [3.8, 4) is 11.5 Å². The zero-order valence-corrected chi connectivity index (χ0v) is 14.0. The van der Waals surface area contributed by atoms with Gasteiger partial charge >= 0.3 is 5.97 Å². The fourth-order valence-electron chi connectivity index (χ4n) is 2.84. The minimum absolute atomic E-state index is 0.0251. The average Bonchev–Trinajstić information content (AvgIpc) is 2.96. The number of methoxy groups -OCH3 is 2. The number of carboxylic acids is 1. The number of carbonyl (C=O) groups is 1. The summed E-state index contributed by atoms with van der Waals surface area (Å²) in [6.07, 6.45) is 1.41. The maximum absolute atomic E-state index is 11.1. The van der Waals surface area contributed by atoms with Gasteiger partial charge in [-0.15, -0.1) is 0 Å². The summed E-state index contributed by atoms with van der Waals surface area (Å²) in [6.45, 7) is 2.56. The number of nitrogens with one attached hydrogen (secondary N) is 1. The molecule has 1 aromatic carbocycles. The van der Waals surface area contributed by atoms with Crippen LogP contribution in [0, 0.1) is 5.92 Å². The van der Waals surface area contributed by atoms with E-state index in [4.69, 9.17) is 14.6 Å². The normalized spacial score (nSPS) is 21.3. The molecule has 1 aliphatic heterocycles. The lowest BCUT2D eigenvalue weighted by Crippen LogP contribution is -2.18. The second-order valence-corrected chi connectivity index (χ2v) is 5.87. The van der Waals surface area contributed by atoms with Crippen molar-refractivity contribution in [2.24, 2.45) is 5.92 Å². The van der Waals surface area contributed by atoms with Crippen LogP contribution in [0.2, 0.25) is 0 Å². The van der Waals surface area contributed by atoms with Crippen LogP contribution in [-0.4, -0.2) is 31.8 Å². The first-order chi connectivity index (χ1) is 10.0. The van der Waals surface area contributed by atoms with Gasteiger partial charge in [0.05, 0.1) is 24.6 Å². The van der Waals surface area contributed by atoms with Gasteiger partial charge in [-0.2, -0.15) is 0 Å². The van der Waals surface area contributed by atoms with E-state index in [1.54, 1.807) is 14.2 Å². The van der Waals surface area contributed by atoms with Crippen LogP contribution < -0.4 is 14.8 Å². The Labute approximate surface area is 132 Å². The predicted octanol–water partition coefficient (Wildman–Crippen LogP) is 2.76. The van der Waals surface area contributed by atoms with Gasteiger partial charge in [0.25, 0.3) is 0 Å². The molecule has 0 aliphatic carbocycles. The minimum atomic E-state index is -0.748. The fraction of sp³-hybridized carbons (Fsp3) is 0.533. The van der Waals surface area contributed by atoms with E-state index in [0.29, 0.717) is 24.5 Å². The Morgan fingerprint density at radius 2 is 2.19 bits per heavy atom. The highest BCUT2D eigenvalue weighted by atomic mass is 79.9. The first-order valence-electron chi connectivity index (χ1n) is 6.92. The standard InChI is InChI=1S/C15H20BrNO4/c1-4-9-10(11-5-8(7-17-11)15(18)19)6-12(20-2)14(21-3)13(9)16/h6,8,11,17H,4-5,7H2,1-3H3,(H,18,19). The highest BCUT2D eigenvalue weighted by Crippen LogP contribution is 2.43. The molecule has 2 rings (SSSR count). The molecule has 2 unspecified atom stereocenters. The highest BCUT2D eigenvalue weighted by Gasteiger charge is 2.32. The van der Waals surface area contributed by atoms with Crippen molar-refractivity contribution in [2.75, 3.05) is 20.8 Å². The van der Waals surface area contributed by atoms with Crippen LogP contribution >= 0.6 is 15.9 Å². The molecule has 0 amide bonds. The van der Waals surface area contributed by atoms with Crippen LogP contribution in [0.4, 0.5) is 0 Å². The first kappa shape index (κ1) is 16.1. The first-order valence-corrected chi connectivity index (χ1v) is 7.72. The van der Waals surface area contributed by atoms with Gasteiger partial charge in [-0.25, -0.2) is 0 Å². The summed E-state index contributed by atoms with van der Waals surface area (Å²) in [6, 6.07) is 1.97. The lowest BCUT2D eigenvalue weighted by Gasteiger charge is -2.21. The van der Waals surface area contributed by atoms with Gasteiger partial charge in [0.2, 0.25) is 0 Å². The Balaban J connectivity index is 2.44.